The summed E-state index contributed by atoms with van der Waals surface area (Å²) >= 11 is 1.43. The molecule has 9 heteroatoms. The van der Waals surface area contributed by atoms with Gasteiger partial charge in [-0.2, -0.15) is 0 Å². The lowest BCUT2D eigenvalue weighted by molar-refractivity contribution is -0.0161. The number of rotatable bonds is 3. The van der Waals surface area contributed by atoms with E-state index in [2.05, 4.69) is 18.8 Å². The van der Waals surface area contributed by atoms with Crippen molar-refractivity contribution in [3.8, 4) is 0 Å². The molecule has 5 rings (SSSR count). The Bertz CT molecular complexity index is 734. The zero-order valence-corrected chi connectivity index (χ0v) is 18.2. The summed E-state index contributed by atoms with van der Waals surface area (Å²) in [6.45, 7) is 6.41. The lowest BCUT2D eigenvalue weighted by atomic mass is 10.0. The van der Waals surface area contributed by atoms with Crippen molar-refractivity contribution < 1.29 is 33.6 Å². The van der Waals surface area contributed by atoms with Gasteiger partial charge in [-0.1, -0.05) is 13.8 Å². The summed E-state index contributed by atoms with van der Waals surface area (Å²) in [4.78, 5) is 16.4. The van der Waals surface area contributed by atoms with Crippen LogP contribution in [0.25, 0.3) is 0 Å². The van der Waals surface area contributed by atoms with E-state index in [0.717, 1.165) is 6.61 Å². The highest BCUT2D eigenvalue weighted by Gasteiger charge is 2.48. The molecule has 8 atom stereocenters. The summed E-state index contributed by atoms with van der Waals surface area (Å²) in [7, 11) is 0. The molecule has 4 aliphatic rings. The van der Waals surface area contributed by atoms with Gasteiger partial charge in [0.05, 0.1) is 44.2 Å². The number of thioether (sulfide) groups is 1. The smallest absolute Gasteiger partial charge is 0.341 e. The largest absolute Gasteiger partial charge is 0.453 e. The fraction of sp³-hybridized carbons (Fsp3) is 0.714. The van der Waals surface area contributed by atoms with Crippen LogP contribution in [0.1, 0.15) is 24.2 Å². The van der Waals surface area contributed by atoms with Gasteiger partial charge in [0.15, 0.2) is 6.10 Å². The van der Waals surface area contributed by atoms with E-state index >= 15 is 0 Å². The average Bonchev–Trinajstić information content (AvgIpc) is 3.51. The first-order valence-corrected chi connectivity index (χ1v) is 11.6. The maximum atomic E-state index is 12.3. The molecule has 5 heterocycles. The zero-order valence-electron chi connectivity index (χ0n) is 17.4. The van der Waals surface area contributed by atoms with Crippen molar-refractivity contribution in [2.75, 3.05) is 32.7 Å². The van der Waals surface area contributed by atoms with Crippen molar-refractivity contribution in [1.29, 1.82) is 0 Å². The molecule has 3 unspecified atom stereocenters. The minimum Gasteiger partial charge on any atom is -0.453 e. The Hall–Kier alpha value is -1.23. The molecule has 8 nitrogen and oxygen atoms in total. The molecular formula is C21H29NO7S. The topological polar surface area (TPSA) is 96.3 Å². The summed E-state index contributed by atoms with van der Waals surface area (Å²) in [5, 5.41) is 9.94. The molecule has 166 valence electrons. The van der Waals surface area contributed by atoms with Crippen molar-refractivity contribution in [3.05, 3.63) is 23.9 Å². The van der Waals surface area contributed by atoms with Gasteiger partial charge in [0.1, 0.15) is 23.3 Å². The number of nitrogens with zero attached hydrogens (tertiary/aromatic N) is 1. The third kappa shape index (κ3) is 4.37. The first kappa shape index (κ1) is 22.0. The number of hydrogen-bond donors (Lipinski definition) is 1. The Kier molecular flexibility index (Phi) is 6.96. The van der Waals surface area contributed by atoms with E-state index in [1.54, 1.807) is 18.3 Å². The van der Waals surface area contributed by atoms with Crippen LogP contribution in [-0.2, 0) is 23.7 Å². The van der Waals surface area contributed by atoms with E-state index < -0.39 is 6.10 Å². The number of pyridine rings is 1. The molecule has 4 saturated heterocycles. The minimum atomic E-state index is -0.394. The molecule has 1 aromatic rings. The lowest BCUT2D eigenvalue weighted by Crippen LogP contribution is -2.33. The number of hydrogen-bond acceptors (Lipinski definition) is 9. The molecule has 0 aromatic carbocycles. The number of fused-ring (bicyclic) bond motifs is 2. The number of aliphatic hydroxyl groups excluding tert-OH is 1. The highest BCUT2D eigenvalue weighted by molar-refractivity contribution is 7.98. The van der Waals surface area contributed by atoms with Gasteiger partial charge >= 0.3 is 5.97 Å². The fourth-order valence-electron chi connectivity index (χ4n) is 4.34. The summed E-state index contributed by atoms with van der Waals surface area (Å²) in [6.07, 6.45) is 2.84. The third-order valence-corrected chi connectivity index (χ3v) is 6.69. The molecule has 4 fully saturated rings. The summed E-state index contributed by atoms with van der Waals surface area (Å²) in [5.41, 5.74) is 0.495. The predicted octanol–water partition coefficient (Wildman–Crippen LogP) is 1.54. The molecule has 1 N–H and O–H groups in total. The molecule has 30 heavy (non-hydrogen) atoms. The standard InChI is InChI=1S/C14H17NO4S.C7H12O3/c1-8-6-17-12-10(7-18-11(8)12)19-14(16)9-4-3-5-15-13(9)20-2;1-4-2-9-7-5(8)3-10-6(4)7/h3-5,8,10-12H,6-7H2,1-2H3;4-8H,2-3H2,1H3/t8-,10?,11?,12?;4-,5+,6+,7+/m00/s1. The Morgan fingerprint density at radius 2 is 1.67 bits per heavy atom. The molecule has 4 aliphatic heterocycles. The van der Waals surface area contributed by atoms with E-state index in [1.165, 1.54) is 11.8 Å². The van der Waals surface area contributed by atoms with Crippen LogP contribution >= 0.6 is 11.8 Å². The van der Waals surface area contributed by atoms with Gasteiger partial charge in [-0.05, 0) is 18.4 Å². The van der Waals surface area contributed by atoms with E-state index in [9.17, 15) is 9.90 Å². The van der Waals surface area contributed by atoms with Crippen molar-refractivity contribution in [1.82, 2.24) is 4.98 Å². The lowest BCUT2D eigenvalue weighted by Gasteiger charge is -2.17. The van der Waals surface area contributed by atoms with Gasteiger partial charge in [0, 0.05) is 18.0 Å². The number of carbonyl (C=O) groups is 1. The molecule has 0 amide bonds. The molecular weight excluding hydrogens is 410 g/mol. The van der Waals surface area contributed by atoms with E-state index in [1.807, 2.05) is 6.26 Å². The predicted molar refractivity (Wildman–Crippen MR) is 109 cm³/mol. The Balaban J connectivity index is 0.000000181. The van der Waals surface area contributed by atoms with Gasteiger partial charge < -0.3 is 28.8 Å². The SMILES string of the molecule is CSc1ncccc1C(=O)OC1COC2C1OC[C@@H]2C.C[C@H]1CO[C@H]2[C@@H]1OC[C@H]2O. The molecule has 0 radical (unpaired) electrons. The Labute approximate surface area is 180 Å². The van der Waals surface area contributed by atoms with Crippen LogP contribution in [0.3, 0.4) is 0 Å². The molecule has 0 saturated carbocycles. The maximum Gasteiger partial charge on any atom is 0.341 e. The van der Waals surface area contributed by atoms with Crippen molar-refractivity contribution in [3.63, 3.8) is 0 Å². The second-order valence-electron chi connectivity index (χ2n) is 8.22. The van der Waals surface area contributed by atoms with Crippen LogP contribution in [-0.4, -0.2) is 85.4 Å². The second kappa shape index (κ2) is 9.50. The number of aliphatic hydroxyl groups is 1. The van der Waals surface area contributed by atoms with Crippen LogP contribution in [0, 0.1) is 11.8 Å². The van der Waals surface area contributed by atoms with Gasteiger partial charge in [-0.15, -0.1) is 11.8 Å². The number of aromatic nitrogens is 1. The van der Waals surface area contributed by atoms with Gasteiger partial charge in [-0.25, -0.2) is 9.78 Å². The van der Waals surface area contributed by atoms with E-state index in [-0.39, 0.29) is 36.5 Å². The normalized spacial score (nSPS) is 39.2. The molecule has 1 aromatic heterocycles. The minimum absolute atomic E-state index is 0.0433. The maximum absolute atomic E-state index is 12.3. The van der Waals surface area contributed by atoms with Crippen molar-refractivity contribution >= 4 is 17.7 Å². The quantitative estimate of drug-likeness (QED) is 0.556. The first-order valence-electron chi connectivity index (χ1n) is 10.3. The highest BCUT2D eigenvalue weighted by Crippen LogP contribution is 2.33. The molecule has 0 spiro atoms. The Morgan fingerprint density at radius 1 is 1.03 bits per heavy atom. The third-order valence-electron chi connectivity index (χ3n) is 5.97. The van der Waals surface area contributed by atoms with E-state index in [4.69, 9.17) is 23.7 Å². The van der Waals surface area contributed by atoms with Crippen molar-refractivity contribution in [2.45, 2.75) is 55.5 Å². The van der Waals surface area contributed by atoms with Crippen LogP contribution in [0.4, 0.5) is 0 Å². The van der Waals surface area contributed by atoms with Crippen LogP contribution in [0.15, 0.2) is 23.4 Å². The van der Waals surface area contributed by atoms with Gasteiger partial charge in [0.25, 0.3) is 0 Å². The van der Waals surface area contributed by atoms with Crippen LogP contribution in [0.2, 0.25) is 0 Å². The monoisotopic (exact) mass is 439 g/mol. The summed E-state index contributed by atoms with van der Waals surface area (Å²) in [6, 6.07) is 3.46. The van der Waals surface area contributed by atoms with Gasteiger partial charge in [0.2, 0.25) is 0 Å². The highest BCUT2D eigenvalue weighted by atomic mass is 32.2. The first-order chi connectivity index (χ1) is 14.5. The average molecular weight is 440 g/mol. The molecule has 0 bridgehead atoms. The van der Waals surface area contributed by atoms with E-state index in [0.29, 0.717) is 42.2 Å². The molecule has 0 aliphatic carbocycles. The number of carbonyl (C=O) groups excluding carboxylic acids is 1. The van der Waals surface area contributed by atoms with Crippen LogP contribution < -0.4 is 0 Å². The fourth-order valence-corrected chi connectivity index (χ4v) is 4.87. The van der Waals surface area contributed by atoms with Crippen LogP contribution in [0.5, 0.6) is 0 Å². The zero-order chi connectivity index (χ0) is 21.3. The summed E-state index contributed by atoms with van der Waals surface area (Å²) in [5.74, 6) is 0.436. The second-order valence-corrected chi connectivity index (χ2v) is 9.01. The Morgan fingerprint density at radius 3 is 2.37 bits per heavy atom. The van der Waals surface area contributed by atoms with Gasteiger partial charge in [-0.3, -0.25) is 0 Å². The van der Waals surface area contributed by atoms with Crippen molar-refractivity contribution in [2.24, 2.45) is 11.8 Å². The summed E-state index contributed by atoms with van der Waals surface area (Å²) < 4.78 is 27.6. The number of esters is 1. The number of ether oxygens (including phenoxy) is 5.